The summed E-state index contributed by atoms with van der Waals surface area (Å²) >= 11 is 6.17. The van der Waals surface area contributed by atoms with E-state index in [-0.39, 0.29) is 23.5 Å². The van der Waals surface area contributed by atoms with E-state index in [1.807, 2.05) is 24.3 Å². The number of rotatable bonds is 6. The zero-order valence-corrected chi connectivity index (χ0v) is 15.7. The number of hydrogen-bond donors (Lipinski definition) is 1. The molecule has 2 aromatic rings. The van der Waals surface area contributed by atoms with E-state index in [9.17, 15) is 5.26 Å². The van der Waals surface area contributed by atoms with Crippen LogP contribution in [-0.4, -0.2) is 7.11 Å². The number of benzene rings is 2. The van der Waals surface area contributed by atoms with Gasteiger partial charge in [0.25, 0.3) is 0 Å². The van der Waals surface area contributed by atoms with Crippen LogP contribution in [0.25, 0.3) is 6.08 Å². The van der Waals surface area contributed by atoms with E-state index in [0.29, 0.717) is 22.1 Å². The maximum absolute atomic E-state index is 9.42. The summed E-state index contributed by atoms with van der Waals surface area (Å²) in [5.74, 6) is 0.822. The molecule has 0 unspecified atom stereocenters. The minimum Gasteiger partial charge on any atom is -0.493 e. The minimum atomic E-state index is -0.339. The van der Waals surface area contributed by atoms with Gasteiger partial charge in [-0.05, 0) is 18.2 Å². The van der Waals surface area contributed by atoms with Crippen molar-refractivity contribution in [3.63, 3.8) is 0 Å². The van der Waals surface area contributed by atoms with Crippen LogP contribution in [0.15, 0.2) is 59.3 Å². The van der Waals surface area contributed by atoms with Crippen LogP contribution in [0.3, 0.4) is 0 Å². The van der Waals surface area contributed by atoms with Crippen LogP contribution < -0.4 is 15.2 Å². The van der Waals surface area contributed by atoms with Crippen LogP contribution in [0.1, 0.15) is 11.1 Å². The van der Waals surface area contributed by atoms with E-state index in [1.54, 1.807) is 36.4 Å². The molecule has 0 radical (unpaired) electrons. The van der Waals surface area contributed by atoms with Crippen molar-refractivity contribution in [1.82, 2.24) is 0 Å². The number of ether oxygens (including phenoxy) is 2. The largest absolute Gasteiger partial charge is 0.493 e. The first-order valence-corrected chi connectivity index (χ1v) is 8.38. The Morgan fingerprint density at radius 1 is 1.07 bits per heavy atom. The molecule has 0 aromatic heterocycles. The van der Waals surface area contributed by atoms with Crippen molar-refractivity contribution in [2.75, 3.05) is 7.11 Å². The van der Waals surface area contributed by atoms with E-state index < -0.39 is 0 Å². The Morgan fingerprint density at radius 2 is 1.79 bits per heavy atom. The van der Waals surface area contributed by atoms with Crippen molar-refractivity contribution in [2.45, 2.75) is 6.61 Å². The van der Waals surface area contributed by atoms with Gasteiger partial charge in [-0.2, -0.15) is 15.8 Å². The molecule has 138 valence electrons. The van der Waals surface area contributed by atoms with Crippen LogP contribution >= 0.6 is 11.6 Å². The number of methoxy groups -OCH3 is 1. The second-order valence-corrected chi connectivity index (χ2v) is 5.85. The molecule has 7 heteroatoms. The lowest BCUT2D eigenvalue weighted by atomic mass is 10.0. The molecule has 0 aliphatic carbocycles. The highest BCUT2D eigenvalue weighted by Gasteiger charge is 2.14. The molecule has 6 nitrogen and oxygen atoms in total. The predicted octanol–water partition coefficient (Wildman–Crippen LogP) is 4.09. The average molecular weight is 391 g/mol. The van der Waals surface area contributed by atoms with E-state index in [4.69, 9.17) is 37.3 Å². The molecule has 0 heterocycles. The molecule has 2 N–H and O–H groups in total. The van der Waals surface area contributed by atoms with Gasteiger partial charge in [0.1, 0.15) is 24.8 Å². The quantitative estimate of drug-likeness (QED) is 0.586. The highest BCUT2D eigenvalue weighted by atomic mass is 35.5. The summed E-state index contributed by atoms with van der Waals surface area (Å²) in [6.07, 6.45) is 1.44. The summed E-state index contributed by atoms with van der Waals surface area (Å²) in [5.41, 5.74) is 6.51. The summed E-state index contributed by atoms with van der Waals surface area (Å²) in [6.45, 7) is 0.176. The van der Waals surface area contributed by atoms with Crippen molar-refractivity contribution in [2.24, 2.45) is 5.73 Å². The lowest BCUT2D eigenvalue weighted by molar-refractivity contribution is 0.284. The van der Waals surface area contributed by atoms with E-state index in [0.717, 1.165) is 5.56 Å². The number of allylic oxidation sites excluding steroid dienone is 2. The molecule has 0 atom stereocenters. The number of nitrogens with two attached hydrogens (primary N) is 1. The number of halogens is 1. The summed E-state index contributed by atoms with van der Waals surface area (Å²) in [4.78, 5) is 0. The number of hydrogen-bond acceptors (Lipinski definition) is 6. The minimum absolute atomic E-state index is 0.0334. The molecule has 0 aliphatic rings. The van der Waals surface area contributed by atoms with Crippen molar-refractivity contribution in [3.8, 4) is 29.7 Å². The lowest BCUT2D eigenvalue weighted by Gasteiger charge is -2.14. The fourth-order valence-electron chi connectivity index (χ4n) is 2.33. The fraction of sp³-hybridized carbons (Fsp3) is 0.0952. The molecule has 0 saturated carbocycles. The second-order valence-electron chi connectivity index (χ2n) is 5.44. The molecule has 0 bridgehead atoms. The number of para-hydroxylation sites is 1. The van der Waals surface area contributed by atoms with E-state index in [2.05, 4.69) is 0 Å². The summed E-state index contributed by atoms with van der Waals surface area (Å²) in [5, 5.41) is 27.9. The third kappa shape index (κ3) is 4.62. The zero-order valence-electron chi connectivity index (χ0n) is 14.9. The third-order valence-electron chi connectivity index (χ3n) is 3.76. The predicted molar refractivity (Wildman–Crippen MR) is 105 cm³/mol. The van der Waals surface area contributed by atoms with Gasteiger partial charge in [0.2, 0.25) is 0 Å². The maximum atomic E-state index is 9.42. The Labute approximate surface area is 167 Å². The third-order valence-corrected chi connectivity index (χ3v) is 4.13. The van der Waals surface area contributed by atoms with Gasteiger partial charge in [0.15, 0.2) is 17.1 Å². The van der Waals surface area contributed by atoms with E-state index >= 15 is 0 Å². The Kier molecular flexibility index (Phi) is 7.06. The van der Waals surface area contributed by atoms with Crippen LogP contribution in [0.4, 0.5) is 0 Å². The van der Waals surface area contributed by atoms with Gasteiger partial charge in [-0.1, -0.05) is 41.9 Å². The standard InChI is InChI=1S/C21H15ClN4O2/c1-27-19-8-4-6-14(9-16(10-23)20(26)17(11-24)12-25)21(19)28-13-15-5-2-3-7-18(15)22/h2-9H,13,26H2,1H3/b16-9+. The topological polar surface area (TPSA) is 116 Å². The zero-order chi connectivity index (χ0) is 20.5. The van der Waals surface area contributed by atoms with Crippen LogP contribution in [0.2, 0.25) is 5.02 Å². The fourth-order valence-corrected chi connectivity index (χ4v) is 2.52. The molecule has 0 aliphatic heterocycles. The van der Waals surface area contributed by atoms with Crippen molar-refractivity contribution >= 4 is 17.7 Å². The molecule has 0 saturated heterocycles. The van der Waals surface area contributed by atoms with Gasteiger partial charge in [-0.3, -0.25) is 0 Å². The smallest absolute Gasteiger partial charge is 0.168 e. The molecule has 0 fully saturated rings. The first kappa shape index (κ1) is 20.4. The molecule has 2 aromatic carbocycles. The van der Waals surface area contributed by atoms with Crippen LogP contribution in [-0.2, 0) is 6.61 Å². The molecular formula is C21H15ClN4O2. The Balaban J connectivity index is 2.50. The van der Waals surface area contributed by atoms with Gasteiger partial charge >= 0.3 is 0 Å². The number of nitrogens with zero attached hydrogens (tertiary/aromatic N) is 3. The highest BCUT2D eigenvalue weighted by molar-refractivity contribution is 6.31. The average Bonchev–Trinajstić information content (AvgIpc) is 2.72. The van der Waals surface area contributed by atoms with Crippen LogP contribution in [0.5, 0.6) is 11.5 Å². The normalized spacial score (nSPS) is 10.2. The molecule has 2 rings (SSSR count). The highest BCUT2D eigenvalue weighted by Crippen LogP contribution is 2.34. The van der Waals surface area contributed by atoms with Gasteiger partial charge in [0.05, 0.1) is 18.4 Å². The van der Waals surface area contributed by atoms with Gasteiger partial charge < -0.3 is 15.2 Å². The molecular weight excluding hydrogens is 376 g/mol. The molecule has 0 amide bonds. The summed E-state index contributed by atoms with van der Waals surface area (Å²) < 4.78 is 11.3. The molecule has 28 heavy (non-hydrogen) atoms. The summed E-state index contributed by atoms with van der Waals surface area (Å²) in [7, 11) is 1.49. The van der Waals surface area contributed by atoms with Gasteiger partial charge in [0, 0.05) is 16.1 Å². The monoisotopic (exact) mass is 390 g/mol. The van der Waals surface area contributed by atoms with Crippen LogP contribution in [0, 0.1) is 34.0 Å². The van der Waals surface area contributed by atoms with Crippen molar-refractivity contribution in [1.29, 1.82) is 15.8 Å². The van der Waals surface area contributed by atoms with Gasteiger partial charge in [-0.25, -0.2) is 0 Å². The Hall–Kier alpha value is -3.92. The Morgan fingerprint density at radius 3 is 2.39 bits per heavy atom. The van der Waals surface area contributed by atoms with Crippen molar-refractivity contribution < 1.29 is 9.47 Å². The second kappa shape index (κ2) is 9.69. The first-order valence-electron chi connectivity index (χ1n) is 8.01. The SMILES string of the molecule is COc1cccc(/C=C(\C#N)C(N)=C(C#N)C#N)c1OCc1ccccc1Cl. The lowest BCUT2D eigenvalue weighted by Crippen LogP contribution is -2.04. The molecule has 0 spiro atoms. The first-order chi connectivity index (χ1) is 13.5. The Bertz CT molecular complexity index is 1050. The van der Waals surface area contributed by atoms with Crippen molar-refractivity contribution in [3.05, 3.63) is 75.5 Å². The van der Waals surface area contributed by atoms with E-state index in [1.165, 1.54) is 13.2 Å². The summed E-state index contributed by atoms with van der Waals surface area (Å²) in [6, 6.07) is 17.6. The maximum Gasteiger partial charge on any atom is 0.168 e. The van der Waals surface area contributed by atoms with Gasteiger partial charge in [-0.15, -0.1) is 0 Å². The number of nitriles is 3.